The molecule has 2 heterocycles. The number of hydrogen-bond acceptors (Lipinski definition) is 5. The SMILES string of the molecule is CCNc1nc(C)c(C(=O)N(C)CCCC2CCCO2)s1. The van der Waals surface area contributed by atoms with Crippen molar-refractivity contribution in [3.05, 3.63) is 10.6 Å². The van der Waals surface area contributed by atoms with Crippen molar-refractivity contribution in [2.45, 2.75) is 45.6 Å². The molecule has 1 aliphatic heterocycles. The summed E-state index contributed by atoms with van der Waals surface area (Å²) >= 11 is 1.44. The Balaban J connectivity index is 1.83. The van der Waals surface area contributed by atoms with Crippen molar-refractivity contribution >= 4 is 22.4 Å². The number of nitrogens with zero attached hydrogens (tertiary/aromatic N) is 2. The summed E-state index contributed by atoms with van der Waals surface area (Å²) in [5.41, 5.74) is 0.812. The molecule has 1 aromatic heterocycles. The lowest BCUT2D eigenvalue weighted by Crippen LogP contribution is -2.28. The molecule has 1 amide bonds. The highest BCUT2D eigenvalue weighted by Gasteiger charge is 2.20. The number of nitrogens with one attached hydrogen (secondary N) is 1. The highest BCUT2D eigenvalue weighted by Crippen LogP contribution is 2.24. The summed E-state index contributed by atoms with van der Waals surface area (Å²) in [4.78, 5) is 19.4. The number of amides is 1. The molecule has 1 unspecified atom stereocenters. The molecular formula is C15H25N3O2S. The van der Waals surface area contributed by atoms with Gasteiger partial charge in [-0.25, -0.2) is 4.98 Å². The highest BCUT2D eigenvalue weighted by molar-refractivity contribution is 7.17. The van der Waals surface area contributed by atoms with E-state index in [2.05, 4.69) is 10.3 Å². The maximum absolute atomic E-state index is 12.4. The van der Waals surface area contributed by atoms with Crippen LogP contribution in [0.2, 0.25) is 0 Å². The molecule has 5 nitrogen and oxygen atoms in total. The van der Waals surface area contributed by atoms with Gasteiger partial charge in [0.25, 0.3) is 5.91 Å². The van der Waals surface area contributed by atoms with Gasteiger partial charge in [0, 0.05) is 26.7 Å². The summed E-state index contributed by atoms with van der Waals surface area (Å²) in [5, 5.41) is 3.99. The number of carbonyl (C=O) groups excluding carboxylic acids is 1. The summed E-state index contributed by atoms with van der Waals surface area (Å²) in [6.07, 6.45) is 4.77. The molecule has 0 aliphatic carbocycles. The summed E-state index contributed by atoms with van der Waals surface area (Å²) in [5.74, 6) is 0.0708. The van der Waals surface area contributed by atoms with Gasteiger partial charge in [0.05, 0.1) is 11.8 Å². The Hall–Kier alpha value is -1.14. The van der Waals surface area contributed by atoms with Crippen LogP contribution in [0.3, 0.4) is 0 Å². The van der Waals surface area contributed by atoms with Gasteiger partial charge in [-0.05, 0) is 39.5 Å². The monoisotopic (exact) mass is 311 g/mol. The van der Waals surface area contributed by atoms with E-state index in [4.69, 9.17) is 4.74 Å². The van der Waals surface area contributed by atoms with Crippen LogP contribution in [0.4, 0.5) is 5.13 Å². The number of aryl methyl sites for hydroxylation is 1. The third-order valence-corrected chi connectivity index (χ3v) is 4.81. The fraction of sp³-hybridized carbons (Fsp3) is 0.733. The lowest BCUT2D eigenvalue weighted by molar-refractivity contribution is 0.0766. The second-order valence-electron chi connectivity index (χ2n) is 5.47. The number of anilines is 1. The molecule has 1 saturated heterocycles. The first-order valence-electron chi connectivity index (χ1n) is 7.70. The van der Waals surface area contributed by atoms with Gasteiger partial charge in [-0.2, -0.15) is 0 Å². The zero-order valence-electron chi connectivity index (χ0n) is 13.1. The van der Waals surface area contributed by atoms with E-state index in [-0.39, 0.29) is 5.91 Å². The lowest BCUT2D eigenvalue weighted by Gasteiger charge is -2.17. The standard InChI is InChI=1S/C15H25N3O2S/c1-4-16-15-17-11(2)13(21-15)14(19)18(3)9-5-7-12-8-6-10-20-12/h12H,4-10H2,1-3H3,(H,16,17). The number of hydrogen-bond donors (Lipinski definition) is 1. The quantitative estimate of drug-likeness (QED) is 0.841. The normalized spacial score (nSPS) is 18.0. The first-order valence-corrected chi connectivity index (χ1v) is 8.51. The van der Waals surface area contributed by atoms with Gasteiger partial charge in [-0.3, -0.25) is 4.79 Å². The average Bonchev–Trinajstić information content (AvgIpc) is 3.08. The molecule has 21 heavy (non-hydrogen) atoms. The fourth-order valence-corrected chi connectivity index (χ4v) is 3.55. The second kappa shape index (κ2) is 7.75. The van der Waals surface area contributed by atoms with Crippen molar-refractivity contribution in [1.29, 1.82) is 0 Å². The minimum Gasteiger partial charge on any atom is -0.378 e. The molecule has 6 heteroatoms. The lowest BCUT2D eigenvalue weighted by atomic mass is 10.1. The highest BCUT2D eigenvalue weighted by atomic mass is 32.1. The van der Waals surface area contributed by atoms with Crippen molar-refractivity contribution < 1.29 is 9.53 Å². The number of thiazole rings is 1. The molecule has 0 spiro atoms. The van der Waals surface area contributed by atoms with Gasteiger partial charge in [0.15, 0.2) is 5.13 Å². The number of ether oxygens (including phenoxy) is 1. The zero-order chi connectivity index (χ0) is 15.2. The van der Waals surface area contributed by atoms with Crippen molar-refractivity contribution in [3.63, 3.8) is 0 Å². The molecule has 2 rings (SSSR count). The topological polar surface area (TPSA) is 54.5 Å². The van der Waals surface area contributed by atoms with Gasteiger partial charge < -0.3 is 15.0 Å². The number of carbonyl (C=O) groups is 1. The molecule has 1 N–H and O–H groups in total. The smallest absolute Gasteiger partial charge is 0.265 e. The van der Waals surface area contributed by atoms with Crippen molar-refractivity contribution in [1.82, 2.24) is 9.88 Å². The minimum atomic E-state index is 0.0708. The summed E-state index contributed by atoms with van der Waals surface area (Å²) < 4.78 is 5.61. The average molecular weight is 311 g/mol. The van der Waals surface area contributed by atoms with Gasteiger partial charge in [-0.15, -0.1) is 0 Å². The Bertz CT molecular complexity index is 469. The molecule has 0 saturated carbocycles. The third kappa shape index (κ3) is 4.41. The van der Waals surface area contributed by atoms with Crippen molar-refractivity contribution in [2.75, 3.05) is 32.1 Å². The Kier molecular flexibility index (Phi) is 5.99. The van der Waals surface area contributed by atoms with Crippen LogP contribution in [-0.2, 0) is 4.74 Å². The van der Waals surface area contributed by atoms with Gasteiger partial charge in [0.1, 0.15) is 4.88 Å². The van der Waals surface area contributed by atoms with Crippen molar-refractivity contribution in [3.8, 4) is 0 Å². The van der Waals surface area contributed by atoms with E-state index < -0.39 is 0 Å². The number of rotatable bonds is 7. The maximum atomic E-state index is 12.4. The first-order chi connectivity index (χ1) is 10.1. The van der Waals surface area contributed by atoms with Crippen LogP contribution >= 0.6 is 11.3 Å². The van der Waals surface area contributed by atoms with E-state index >= 15 is 0 Å². The van der Waals surface area contributed by atoms with Crippen LogP contribution < -0.4 is 5.32 Å². The van der Waals surface area contributed by atoms with Gasteiger partial charge in [-0.1, -0.05) is 11.3 Å². The van der Waals surface area contributed by atoms with Crippen LogP contribution in [-0.4, -0.2) is 48.6 Å². The zero-order valence-corrected chi connectivity index (χ0v) is 14.0. The molecule has 1 aliphatic rings. The van der Waals surface area contributed by atoms with E-state index in [1.807, 2.05) is 20.9 Å². The fourth-order valence-electron chi connectivity index (χ4n) is 2.52. The predicted molar refractivity (Wildman–Crippen MR) is 86.2 cm³/mol. The maximum Gasteiger partial charge on any atom is 0.265 e. The second-order valence-corrected chi connectivity index (χ2v) is 6.47. The predicted octanol–water partition coefficient (Wildman–Crippen LogP) is 2.91. The van der Waals surface area contributed by atoms with Crippen molar-refractivity contribution in [2.24, 2.45) is 0 Å². The van der Waals surface area contributed by atoms with Crippen LogP contribution in [0.15, 0.2) is 0 Å². The third-order valence-electron chi connectivity index (χ3n) is 3.71. The van der Waals surface area contributed by atoms with E-state index in [1.54, 1.807) is 4.90 Å². The van der Waals surface area contributed by atoms with Crippen LogP contribution in [0, 0.1) is 6.92 Å². The Morgan fingerprint density at radius 2 is 2.38 bits per heavy atom. The van der Waals surface area contributed by atoms with Crippen LogP contribution in [0.25, 0.3) is 0 Å². The van der Waals surface area contributed by atoms with Crippen LogP contribution in [0.5, 0.6) is 0 Å². The summed E-state index contributed by atoms with van der Waals surface area (Å²) in [6.45, 7) is 6.40. The minimum absolute atomic E-state index is 0.0708. The molecule has 1 fully saturated rings. The number of aromatic nitrogens is 1. The van der Waals surface area contributed by atoms with E-state index in [1.165, 1.54) is 17.8 Å². The summed E-state index contributed by atoms with van der Waals surface area (Å²) in [7, 11) is 1.87. The van der Waals surface area contributed by atoms with E-state index in [0.717, 1.165) is 54.7 Å². The molecule has 118 valence electrons. The molecule has 1 atom stereocenters. The summed E-state index contributed by atoms with van der Waals surface area (Å²) in [6, 6.07) is 0. The molecule has 0 aromatic carbocycles. The van der Waals surface area contributed by atoms with E-state index in [0.29, 0.717) is 6.10 Å². The van der Waals surface area contributed by atoms with Gasteiger partial charge in [0.2, 0.25) is 0 Å². The Morgan fingerprint density at radius 1 is 1.57 bits per heavy atom. The van der Waals surface area contributed by atoms with Crippen LogP contribution in [0.1, 0.15) is 48.0 Å². The molecule has 0 radical (unpaired) electrons. The Labute approximate surface area is 130 Å². The molecular weight excluding hydrogens is 286 g/mol. The van der Waals surface area contributed by atoms with Gasteiger partial charge >= 0.3 is 0 Å². The molecule has 0 bridgehead atoms. The first kappa shape index (κ1) is 16.2. The largest absolute Gasteiger partial charge is 0.378 e. The van der Waals surface area contributed by atoms with E-state index in [9.17, 15) is 4.79 Å². The Morgan fingerprint density at radius 3 is 3.05 bits per heavy atom. The molecule has 1 aromatic rings.